The number of hydrogen-bond acceptors (Lipinski definition) is 1. The standard InChI is InChI=1S/C16H34O/c1-3-4-5-6-7-8-10-13-16(2)14-11-9-12-15-17/h16-17H,3-15H2,1-2H3. The number of aliphatic hydroxyl groups excluding tert-OH is 1. The largest absolute Gasteiger partial charge is 0.396 e. The van der Waals surface area contributed by atoms with Gasteiger partial charge in [0.25, 0.3) is 0 Å². The molecule has 0 bridgehead atoms. The highest BCUT2D eigenvalue weighted by atomic mass is 16.2. The average molecular weight is 242 g/mol. The van der Waals surface area contributed by atoms with Crippen LogP contribution in [0.25, 0.3) is 0 Å². The van der Waals surface area contributed by atoms with E-state index in [0.717, 1.165) is 12.3 Å². The average Bonchev–Trinajstić information content (AvgIpc) is 2.33. The van der Waals surface area contributed by atoms with E-state index in [-0.39, 0.29) is 0 Å². The molecule has 0 aliphatic rings. The molecule has 1 atom stereocenters. The minimum Gasteiger partial charge on any atom is -0.396 e. The third-order valence-electron chi connectivity index (χ3n) is 3.66. The van der Waals surface area contributed by atoms with Crippen molar-refractivity contribution in [2.45, 2.75) is 90.9 Å². The monoisotopic (exact) mass is 242 g/mol. The zero-order valence-electron chi connectivity index (χ0n) is 12.2. The third-order valence-corrected chi connectivity index (χ3v) is 3.66. The van der Waals surface area contributed by atoms with Crippen molar-refractivity contribution in [3.05, 3.63) is 0 Å². The Labute approximate surface area is 109 Å². The van der Waals surface area contributed by atoms with E-state index < -0.39 is 0 Å². The van der Waals surface area contributed by atoms with Gasteiger partial charge in [-0.25, -0.2) is 0 Å². The Hall–Kier alpha value is -0.0400. The Bertz CT molecular complexity index is 133. The van der Waals surface area contributed by atoms with Crippen LogP contribution < -0.4 is 0 Å². The summed E-state index contributed by atoms with van der Waals surface area (Å²) in [5.74, 6) is 0.893. The lowest BCUT2D eigenvalue weighted by molar-refractivity contribution is 0.280. The van der Waals surface area contributed by atoms with Crippen molar-refractivity contribution in [2.24, 2.45) is 5.92 Å². The number of rotatable bonds is 13. The molecule has 17 heavy (non-hydrogen) atoms. The quantitative estimate of drug-likeness (QED) is 0.434. The number of unbranched alkanes of at least 4 members (excludes halogenated alkanes) is 8. The highest BCUT2D eigenvalue weighted by Gasteiger charge is 2.01. The second kappa shape index (κ2) is 14.0. The molecule has 0 saturated carbocycles. The summed E-state index contributed by atoms with van der Waals surface area (Å²) in [6.07, 6.45) is 16.2. The van der Waals surface area contributed by atoms with Crippen LogP contribution in [0.2, 0.25) is 0 Å². The fourth-order valence-corrected chi connectivity index (χ4v) is 2.38. The van der Waals surface area contributed by atoms with Gasteiger partial charge in [-0.3, -0.25) is 0 Å². The molecule has 0 aliphatic heterocycles. The maximum atomic E-state index is 8.69. The van der Waals surface area contributed by atoms with E-state index in [4.69, 9.17) is 5.11 Å². The van der Waals surface area contributed by atoms with Crippen LogP contribution in [0.1, 0.15) is 90.9 Å². The number of hydrogen-bond donors (Lipinski definition) is 1. The lowest BCUT2D eigenvalue weighted by Crippen LogP contribution is -1.95. The molecule has 0 fully saturated rings. The van der Waals surface area contributed by atoms with Crippen molar-refractivity contribution < 1.29 is 5.11 Å². The van der Waals surface area contributed by atoms with Crippen LogP contribution in [0.5, 0.6) is 0 Å². The maximum Gasteiger partial charge on any atom is 0.0431 e. The number of aliphatic hydroxyl groups is 1. The van der Waals surface area contributed by atoms with Crippen molar-refractivity contribution in [3.63, 3.8) is 0 Å². The summed E-state index contributed by atoms with van der Waals surface area (Å²) in [6.45, 7) is 5.03. The second-order valence-corrected chi connectivity index (χ2v) is 5.59. The first-order valence-corrected chi connectivity index (χ1v) is 7.92. The van der Waals surface area contributed by atoms with E-state index in [1.165, 1.54) is 70.6 Å². The van der Waals surface area contributed by atoms with Gasteiger partial charge >= 0.3 is 0 Å². The van der Waals surface area contributed by atoms with Crippen molar-refractivity contribution in [3.8, 4) is 0 Å². The van der Waals surface area contributed by atoms with E-state index in [2.05, 4.69) is 13.8 Å². The molecule has 0 rings (SSSR count). The molecule has 0 heterocycles. The summed E-state index contributed by atoms with van der Waals surface area (Å²) < 4.78 is 0. The smallest absolute Gasteiger partial charge is 0.0431 e. The SMILES string of the molecule is CCCCCCCCCC(C)CCCCCO. The van der Waals surface area contributed by atoms with E-state index in [1.54, 1.807) is 0 Å². The molecule has 1 N–H and O–H groups in total. The summed E-state index contributed by atoms with van der Waals surface area (Å²) in [5, 5.41) is 8.69. The van der Waals surface area contributed by atoms with Crippen LogP contribution in [-0.4, -0.2) is 11.7 Å². The van der Waals surface area contributed by atoms with Crippen molar-refractivity contribution >= 4 is 0 Å². The molecule has 0 amide bonds. The zero-order chi connectivity index (χ0) is 12.8. The first-order valence-electron chi connectivity index (χ1n) is 7.92. The summed E-state index contributed by atoms with van der Waals surface area (Å²) in [7, 11) is 0. The zero-order valence-corrected chi connectivity index (χ0v) is 12.2. The highest BCUT2D eigenvalue weighted by molar-refractivity contribution is 4.55. The van der Waals surface area contributed by atoms with Crippen LogP contribution in [0.3, 0.4) is 0 Å². The van der Waals surface area contributed by atoms with Gasteiger partial charge in [-0.15, -0.1) is 0 Å². The molecular formula is C16H34O. The van der Waals surface area contributed by atoms with Crippen LogP contribution >= 0.6 is 0 Å². The molecular weight excluding hydrogens is 208 g/mol. The fourth-order valence-electron chi connectivity index (χ4n) is 2.38. The predicted octanol–water partition coefficient (Wildman–Crippen LogP) is 5.32. The molecule has 0 aliphatic carbocycles. The predicted molar refractivity (Wildman–Crippen MR) is 77.3 cm³/mol. The van der Waals surface area contributed by atoms with Gasteiger partial charge in [0.2, 0.25) is 0 Å². The van der Waals surface area contributed by atoms with Gasteiger partial charge in [0, 0.05) is 6.61 Å². The second-order valence-electron chi connectivity index (χ2n) is 5.59. The topological polar surface area (TPSA) is 20.2 Å². The Balaban J connectivity index is 3.08. The first kappa shape index (κ1) is 17.0. The lowest BCUT2D eigenvalue weighted by atomic mass is 9.96. The Morgan fingerprint density at radius 1 is 0.706 bits per heavy atom. The third kappa shape index (κ3) is 13.9. The van der Waals surface area contributed by atoms with Gasteiger partial charge in [0.15, 0.2) is 0 Å². The molecule has 1 unspecified atom stereocenters. The van der Waals surface area contributed by atoms with Crippen molar-refractivity contribution in [2.75, 3.05) is 6.61 Å². The van der Waals surface area contributed by atoms with Gasteiger partial charge in [-0.1, -0.05) is 84.5 Å². The van der Waals surface area contributed by atoms with Gasteiger partial charge in [-0.05, 0) is 12.3 Å². The minimum absolute atomic E-state index is 0.367. The normalized spacial score (nSPS) is 12.9. The molecule has 104 valence electrons. The molecule has 0 aromatic rings. The molecule has 0 aromatic carbocycles. The summed E-state index contributed by atoms with van der Waals surface area (Å²) >= 11 is 0. The molecule has 0 aromatic heterocycles. The first-order chi connectivity index (χ1) is 8.31. The van der Waals surface area contributed by atoms with Gasteiger partial charge < -0.3 is 5.11 Å². The summed E-state index contributed by atoms with van der Waals surface area (Å²) in [4.78, 5) is 0. The van der Waals surface area contributed by atoms with Crippen LogP contribution in [0.15, 0.2) is 0 Å². The van der Waals surface area contributed by atoms with Gasteiger partial charge in [0.1, 0.15) is 0 Å². The van der Waals surface area contributed by atoms with E-state index in [1.807, 2.05) is 0 Å². The Kier molecular flexibility index (Phi) is 14.0. The van der Waals surface area contributed by atoms with E-state index in [0.29, 0.717) is 6.61 Å². The lowest BCUT2D eigenvalue weighted by Gasteiger charge is -2.10. The molecule has 0 saturated heterocycles. The fraction of sp³-hybridized carbons (Fsp3) is 1.00. The molecule has 1 heteroatoms. The maximum absolute atomic E-state index is 8.69. The van der Waals surface area contributed by atoms with Crippen LogP contribution in [-0.2, 0) is 0 Å². The van der Waals surface area contributed by atoms with Crippen molar-refractivity contribution in [1.82, 2.24) is 0 Å². The molecule has 0 radical (unpaired) electrons. The van der Waals surface area contributed by atoms with Gasteiger partial charge in [0.05, 0.1) is 0 Å². The van der Waals surface area contributed by atoms with Gasteiger partial charge in [-0.2, -0.15) is 0 Å². The summed E-state index contributed by atoms with van der Waals surface area (Å²) in [5.41, 5.74) is 0. The highest BCUT2D eigenvalue weighted by Crippen LogP contribution is 2.17. The van der Waals surface area contributed by atoms with E-state index >= 15 is 0 Å². The van der Waals surface area contributed by atoms with Crippen LogP contribution in [0.4, 0.5) is 0 Å². The minimum atomic E-state index is 0.367. The molecule has 1 nitrogen and oxygen atoms in total. The molecule has 0 spiro atoms. The van der Waals surface area contributed by atoms with Crippen LogP contribution in [0, 0.1) is 5.92 Å². The van der Waals surface area contributed by atoms with E-state index in [9.17, 15) is 0 Å². The Morgan fingerprint density at radius 2 is 1.18 bits per heavy atom. The van der Waals surface area contributed by atoms with Crippen molar-refractivity contribution in [1.29, 1.82) is 0 Å². The Morgan fingerprint density at radius 3 is 1.71 bits per heavy atom. The summed E-state index contributed by atoms with van der Waals surface area (Å²) in [6, 6.07) is 0.